The highest BCUT2D eigenvalue weighted by molar-refractivity contribution is 7.16. The standard InChI is InChI=1S/C22H19FN2O3S/c1-15(28-19-10-6-5-9-18(19)23)22(27)25-24-21(26)14-12-17-11-13-20(29-17)16-7-3-2-4-8-16/h2-15H,1H3,(H,24,26)(H,25,27)/b14-12+. The van der Waals surface area contributed by atoms with Crippen molar-refractivity contribution in [2.75, 3.05) is 0 Å². The van der Waals surface area contributed by atoms with Crippen LogP contribution in [0.5, 0.6) is 5.75 Å². The molecular weight excluding hydrogens is 391 g/mol. The number of nitrogens with one attached hydrogen (secondary N) is 2. The number of hydrogen-bond donors (Lipinski definition) is 2. The van der Waals surface area contributed by atoms with E-state index >= 15 is 0 Å². The third kappa shape index (κ3) is 5.76. The Kier molecular flexibility index (Phi) is 6.76. The van der Waals surface area contributed by atoms with Gasteiger partial charge in [0.2, 0.25) is 0 Å². The van der Waals surface area contributed by atoms with E-state index in [0.717, 1.165) is 15.3 Å². The summed E-state index contributed by atoms with van der Waals surface area (Å²) in [4.78, 5) is 25.9. The quantitative estimate of drug-likeness (QED) is 0.473. The third-order valence-electron chi connectivity index (χ3n) is 3.90. The molecule has 1 heterocycles. The summed E-state index contributed by atoms with van der Waals surface area (Å²) < 4.78 is 18.8. The molecule has 3 aromatic rings. The van der Waals surface area contributed by atoms with Gasteiger partial charge in [0.25, 0.3) is 11.8 Å². The lowest BCUT2D eigenvalue weighted by atomic mass is 10.2. The lowest BCUT2D eigenvalue weighted by molar-refractivity contribution is -0.131. The van der Waals surface area contributed by atoms with E-state index in [-0.39, 0.29) is 5.75 Å². The zero-order chi connectivity index (χ0) is 20.6. The van der Waals surface area contributed by atoms with Gasteiger partial charge in [-0.25, -0.2) is 4.39 Å². The summed E-state index contributed by atoms with van der Waals surface area (Å²) in [7, 11) is 0. The Balaban J connectivity index is 1.49. The zero-order valence-electron chi connectivity index (χ0n) is 15.6. The van der Waals surface area contributed by atoms with Crippen molar-refractivity contribution in [2.24, 2.45) is 0 Å². The van der Waals surface area contributed by atoms with E-state index in [9.17, 15) is 14.0 Å². The van der Waals surface area contributed by atoms with Crippen LogP contribution in [0.2, 0.25) is 0 Å². The monoisotopic (exact) mass is 410 g/mol. The highest BCUT2D eigenvalue weighted by atomic mass is 32.1. The number of carbonyl (C=O) groups excluding carboxylic acids is 2. The Morgan fingerprint density at radius 3 is 2.48 bits per heavy atom. The Bertz CT molecular complexity index is 1020. The van der Waals surface area contributed by atoms with E-state index in [1.165, 1.54) is 31.2 Å². The average molecular weight is 410 g/mol. The molecular formula is C22H19FN2O3S. The van der Waals surface area contributed by atoms with Crippen molar-refractivity contribution in [3.63, 3.8) is 0 Å². The molecule has 0 aliphatic rings. The van der Waals surface area contributed by atoms with Gasteiger partial charge >= 0.3 is 0 Å². The number of halogens is 1. The molecule has 2 aromatic carbocycles. The molecule has 5 nitrogen and oxygen atoms in total. The van der Waals surface area contributed by atoms with Gasteiger partial charge in [0.05, 0.1) is 0 Å². The summed E-state index contributed by atoms with van der Waals surface area (Å²) in [6.45, 7) is 1.46. The fraction of sp³-hybridized carbons (Fsp3) is 0.0909. The molecule has 7 heteroatoms. The van der Waals surface area contributed by atoms with Crippen LogP contribution in [0.25, 0.3) is 16.5 Å². The van der Waals surface area contributed by atoms with Crippen molar-refractivity contribution in [3.8, 4) is 16.2 Å². The minimum Gasteiger partial charge on any atom is -0.478 e. The Hall–Kier alpha value is -3.45. The second-order valence-corrected chi connectivity index (χ2v) is 7.19. The number of carbonyl (C=O) groups is 2. The van der Waals surface area contributed by atoms with E-state index < -0.39 is 23.7 Å². The molecule has 0 aliphatic heterocycles. The van der Waals surface area contributed by atoms with Gasteiger partial charge in [0.15, 0.2) is 17.7 Å². The number of thiophene rings is 1. The fourth-order valence-corrected chi connectivity index (χ4v) is 3.32. The summed E-state index contributed by atoms with van der Waals surface area (Å²) >= 11 is 1.55. The van der Waals surface area contributed by atoms with Crippen LogP contribution < -0.4 is 15.6 Å². The molecule has 148 valence electrons. The van der Waals surface area contributed by atoms with Crippen molar-refractivity contribution in [2.45, 2.75) is 13.0 Å². The maximum atomic E-state index is 13.6. The van der Waals surface area contributed by atoms with Crippen LogP contribution in [0.4, 0.5) is 4.39 Å². The molecule has 0 bridgehead atoms. The van der Waals surface area contributed by atoms with Gasteiger partial charge in [-0.05, 0) is 42.8 Å². The third-order valence-corrected chi connectivity index (χ3v) is 5.00. The number of amides is 2. The van der Waals surface area contributed by atoms with Crippen LogP contribution in [0.15, 0.2) is 72.8 Å². The molecule has 0 radical (unpaired) electrons. The summed E-state index contributed by atoms with van der Waals surface area (Å²) in [6, 6.07) is 19.6. The Morgan fingerprint density at radius 1 is 1.00 bits per heavy atom. The SMILES string of the molecule is CC(Oc1ccccc1F)C(=O)NNC(=O)/C=C/c1ccc(-c2ccccc2)s1. The van der Waals surface area contributed by atoms with Crippen LogP contribution in [0, 0.1) is 5.82 Å². The van der Waals surface area contributed by atoms with Gasteiger partial charge in [-0.2, -0.15) is 0 Å². The first-order valence-corrected chi connectivity index (χ1v) is 9.69. The molecule has 0 saturated heterocycles. The molecule has 0 saturated carbocycles. The minimum absolute atomic E-state index is 0.0340. The van der Waals surface area contributed by atoms with Crippen molar-refractivity contribution in [1.29, 1.82) is 0 Å². The second-order valence-electron chi connectivity index (χ2n) is 6.07. The number of hydrazine groups is 1. The number of hydrogen-bond acceptors (Lipinski definition) is 4. The largest absolute Gasteiger partial charge is 0.478 e. The number of rotatable bonds is 6. The maximum Gasteiger partial charge on any atom is 0.279 e. The maximum absolute atomic E-state index is 13.6. The van der Waals surface area contributed by atoms with Crippen LogP contribution in [-0.2, 0) is 9.59 Å². The molecule has 29 heavy (non-hydrogen) atoms. The van der Waals surface area contributed by atoms with Gasteiger partial charge in [0.1, 0.15) is 0 Å². The average Bonchev–Trinajstić information content (AvgIpc) is 3.22. The Morgan fingerprint density at radius 2 is 1.72 bits per heavy atom. The Labute approximate surface area is 171 Å². The molecule has 0 spiro atoms. The van der Waals surface area contributed by atoms with Crippen molar-refractivity contribution < 1.29 is 18.7 Å². The zero-order valence-corrected chi connectivity index (χ0v) is 16.4. The first-order valence-electron chi connectivity index (χ1n) is 8.87. The van der Waals surface area contributed by atoms with Gasteiger partial charge in [0, 0.05) is 15.8 Å². The van der Waals surface area contributed by atoms with E-state index in [4.69, 9.17) is 4.74 Å². The van der Waals surface area contributed by atoms with Crippen LogP contribution in [-0.4, -0.2) is 17.9 Å². The van der Waals surface area contributed by atoms with Gasteiger partial charge in [-0.1, -0.05) is 42.5 Å². The fourth-order valence-electron chi connectivity index (χ4n) is 2.41. The molecule has 1 aromatic heterocycles. The molecule has 1 atom stereocenters. The highest BCUT2D eigenvalue weighted by Crippen LogP contribution is 2.28. The summed E-state index contributed by atoms with van der Waals surface area (Å²) in [6.07, 6.45) is 2.00. The van der Waals surface area contributed by atoms with E-state index in [1.54, 1.807) is 23.5 Å². The molecule has 1 unspecified atom stereocenters. The van der Waals surface area contributed by atoms with E-state index in [2.05, 4.69) is 10.9 Å². The van der Waals surface area contributed by atoms with Gasteiger partial charge in [-0.15, -0.1) is 11.3 Å². The first-order chi connectivity index (χ1) is 14.0. The van der Waals surface area contributed by atoms with Crippen molar-refractivity contribution >= 4 is 29.2 Å². The van der Waals surface area contributed by atoms with Crippen molar-refractivity contribution in [1.82, 2.24) is 10.9 Å². The molecule has 0 fully saturated rings. The molecule has 2 N–H and O–H groups in total. The first kappa shape index (κ1) is 20.3. The lowest BCUT2D eigenvalue weighted by Crippen LogP contribution is -2.46. The number of benzene rings is 2. The van der Waals surface area contributed by atoms with Gasteiger partial charge in [-0.3, -0.25) is 20.4 Å². The summed E-state index contributed by atoms with van der Waals surface area (Å²) in [5.74, 6) is -1.69. The molecule has 3 rings (SSSR count). The normalized spacial score (nSPS) is 11.8. The van der Waals surface area contributed by atoms with E-state index in [1.807, 2.05) is 42.5 Å². The van der Waals surface area contributed by atoms with Gasteiger partial charge < -0.3 is 4.74 Å². The topological polar surface area (TPSA) is 67.4 Å². The summed E-state index contributed by atoms with van der Waals surface area (Å²) in [5.41, 5.74) is 5.64. The highest BCUT2D eigenvalue weighted by Gasteiger charge is 2.16. The minimum atomic E-state index is -0.984. The van der Waals surface area contributed by atoms with Crippen LogP contribution in [0.1, 0.15) is 11.8 Å². The van der Waals surface area contributed by atoms with Crippen molar-refractivity contribution in [3.05, 3.63) is 83.5 Å². The molecule has 2 amide bonds. The van der Waals surface area contributed by atoms with Crippen LogP contribution in [0.3, 0.4) is 0 Å². The van der Waals surface area contributed by atoms with Crippen LogP contribution >= 0.6 is 11.3 Å². The predicted octanol–water partition coefficient (Wildman–Crippen LogP) is 4.18. The molecule has 0 aliphatic carbocycles. The smallest absolute Gasteiger partial charge is 0.279 e. The summed E-state index contributed by atoms with van der Waals surface area (Å²) in [5, 5.41) is 0. The lowest BCUT2D eigenvalue weighted by Gasteiger charge is -2.15. The second kappa shape index (κ2) is 9.66. The number of ether oxygens (including phenoxy) is 1. The predicted molar refractivity (Wildman–Crippen MR) is 112 cm³/mol. The van der Waals surface area contributed by atoms with E-state index in [0.29, 0.717) is 0 Å². The number of para-hydroxylation sites is 1.